The lowest BCUT2D eigenvalue weighted by Gasteiger charge is -2.35. The van der Waals surface area contributed by atoms with Crippen LogP contribution in [0.25, 0.3) is 0 Å². The highest BCUT2D eigenvalue weighted by atomic mass is 16.5. The molecule has 1 fully saturated rings. The Morgan fingerprint density at radius 3 is 2.71 bits per heavy atom. The van der Waals surface area contributed by atoms with Crippen LogP contribution in [0.15, 0.2) is 36.7 Å². The first-order valence-corrected chi connectivity index (χ1v) is 9.80. The van der Waals surface area contributed by atoms with Crippen molar-refractivity contribution in [1.29, 1.82) is 0 Å². The third-order valence-corrected chi connectivity index (χ3v) is 4.93. The summed E-state index contributed by atoms with van der Waals surface area (Å²) >= 11 is 0. The molecule has 148 valence electrons. The highest BCUT2D eigenvalue weighted by Gasteiger charge is 2.23. The normalized spacial score (nSPS) is 16.5. The number of aromatic nitrogens is 2. The van der Waals surface area contributed by atoms with Crippen LogP contribution >= 0.6 is 0 Å². The lowest BCUT2D eigenvalue weighted by Crippen LogP contribution is -2.39. The summed E-state index contributed by atoms with van der Waals surface area (Å²) in [6, 6.07) is 7.21. The number of anilines is 2. The second-order valence-electron chi connectivity index (χ2n) is 6.73. The van der Waals surface area contributed by atoms with E-state index in [4.69, 9.17) is 4.74 Å². The topological polar surface area (TPSA) is 84.4 Å². The Morgan fingerprint density at radius 2 is 2.00 bits per heavy atom. The molecule has 1 N–H and O–H groups in total. The maximum Gasteiger partial charge on any atom is 0.340 e. The Morgan fingerprint density at radius 1 is 1.18 bits per heavy atom. The first kappa shape index (κ1) is 19.8. The molecule has 1 aromatic carbocycles. The summed E-state index contributed by atoms with van der Waals surface area (Å²) in [7, 11) is 0. The van der Waals surface area contributed by atoms with E-state index in [1.807, 2.05) is 0 Å². The molecule has 1 atom stereocenters. The van der Waals surface area contributed by atoms with E-state index >= 15 is 0 Å². The Kier molecular flexibility index (Phi) is 6.57. The molecular formula is C21H26N4O3. The average molecular weight is 382 g/mol. The number of ether oxygens (including phenoxy) is 1. The molecule has 0 saturated carbocycles. The second kappa shape index (κ2) is 9.30. The van der Waals surface area contributed by atoms with Crippen LogP contribution in [0.4, 0.5) is 11.5 Å². The Hall–Kier alpha value is -2.96. The molecule has 2 heterocycles. The van der Waals surface area contributed by atoms with Gasteiger partial charge in [-0.05, 0) is 44.7 Å². The van der Waals surface area contributed by atoms with Gasteiger partial charge in [0.25, 0.3) is 5.91 Å². The molecule has 0 bridgehead atoms. The van der Waals surface area contributed by atoms with Gasteiger partial charge in [-0.2, -0.15) is 0 Å². The van der Waals surface area contributed by atoms with E-state index in [0.717, 1.165) is 31.6 Å². The van der Waals surface area contributed by atoms with Crippen LogP contribution in [0.3, 0.4) is 0 Å². The van der Waals surface area contributed by atoms with Gasteiger partial charge in [0.1, 0.15) is 11.5 Å². The molecule has 1 amide bonds. The number of carbonyl (C=O) groups is 2. The van der Waals surface area contributed by atoms with Crippen molar-refractivity contribution in [3.63, 3.8) is 0 Å². The molecule has 1 unspecified atom stereocenters. The Labute approximate surface area is 165 Å². The molecule has 0 spiro atoms. The number of esters is 1. The third kappa shape index (κ3) is 4.47. The summed E-state index contributed by atoms with van der Waals surface area (Å²) in [6.45, 7) is 5.15. The summed E-state index contributed by atoms with van der Waals surface area (Å²) in [5.74, 6) is -0.0907. The van der Waals surface area contributed by atoms with Crippen molar-refractivity contribution in [2.45, 2.75) is 45.6 Å². The van der Waals surface area contributed by atoms with Crippen LogP contribution in [0.2, 0.25) is 0 Å². The van der Waals surface area contributed by atoms with E-state index in [1.54, 1.807) is 37.4 Å². The summed E-state index contributed by atoms with van der Waals surface area (Å²) in [5, 5.41) is 2.73. The molecule has 1 aliphatic rings. The van der Waals surface area contributed by atoms with Gasteiger partial charge in [0.05, 0.1) is 30.3 Å². The van der Waals surface area contributed by atoms with Crippen molar-refractivity contribution in [2.24, 2.45) is 0 Å². The molecule has 0 aliphatic carbocycles. The summed E-state index contributed by atoms with van der Waals surface area (Å²) in [5.41, 5.74) is 0.896. The van der Waals surface area contributed by atoms with Gasteiger partial charge in [-0.3, -0.25) is 4.79 Å². The van der Waals surface area contributed by atoms with Crippen LogP contribution in [0.1, 0.15) is 60.4 Å². The van der Waals surface area contributed by atoms with Crippen molar-refractivity contribution in [3.8, 4) is 0 Å². The fourth-order valence-electron chi connectivity index (χ4n) is 3.48. The van der Waals surface area contributed by atoms with Crippen molar-refractivity contribution in [3.05, 3.63) is 47.9 Å². The number of amides is 1. The molecule has 1 aromatic heterocycles. The summed E-state index contributed by atoms with van der Waals surface area (Å²) in [4.78, 5) is 35.7. The zero-order chi connectivity index (χ0) is 19.9. The van der Waals surface area contributed by atoms with Gasteiger partial charge in [0, 0.05) is 12.6 Å². The number of hydrogen-bond donors (Lipinski definition) is 1. The smallest absolute Gasteiger partial charge is 0.340 e. The maximum atomic E-state index is 12.6. The number of para-hydroxylation sites is 1. The van der Waals surface area contributed by atoms with E-state index in [9.17, 15) is 9.59 Å². The summed E-state index contributed by atoms with van der Waals surface area (Å²) in [6.07, 6.45) is 7.74. The number of nitrogens with one attached hydrogen (secondary N) is 1. The lowest BCUT2D eigenvalue weighted by molar-refractivity contribution is 0.0527. The van der Waals surface area contributed by atoms with Crippen molar-refractivity contribution in [2.75, 3.05) is 23.4 Å². The van der Waals surface area contributed by atoms with E-state index in [-0.39, 0.29) is 12.3 Å². The molecule has 1 aliphatic heterocycles. The first-order chi connectivity index (χ1) is 13.6. The van der Waals surface area contributed by atoms with Gasteiger partial charge in [-0.15, -0.1) is 0 Å². The predicted molar refractivity (Wildman–Crippen MR) is 108 cm³/mol. The van der Waals surface area contributed by atoms with Crippen molar-refractivity contribution in [1.82, 2.24) is 9.97 Å². The zero-order valence-corrected chi connectivity index (χ0v) is 16.4. The Balaban J connectivity index is 1.73. The highest BCUT2D eigenvalue weighted by Crippen LogP contribution is 2.24. The number of piperidine rings is 1. The van der Waals surface area contributed by atoms with Crippen molar-refractivity contribution >= 4 is 23.4 Å². The van der Waals surface area contributed by atoms with Crippen LogP contribution in [-0.2, 0) is 4.74 Å². The standard InChI is InChI=1S/C21H26N4O3/c1-3-15-9-7-8-12-25(15)19-14-22-18(13-23-19)20(26)24-17-11-6-5-10-16(17)21(27)28-4-2/h5-6,10-11,13-15H,3-4,7-9,12H2,1-2H3,(H,24,26). The van der Waals surface area contributed by atoms with Crippen LogP contribution in [0, 0.1) is 0 Å². The van der Waals surface area contributed by atoms with Gasteiger partial charge in [0.2, 0.25) is 0 Å². The molecule has 0 radical (unpaired) electrons. The fourth-order valence-corrected chi connectivity index (χ4v) is 3.48. The van der Waals surface area contributed by atoms with E-state index in [0.29, 0.717) is 17.3 Å². The zero-order valence-electron chi connectivity index (χ0n) is 16.4. The average Bonchev–Trinajstić information content (AvgIpc) is 2.74. The SMILES string of the molecule is CCOC(=O)c1ccccc1NC(=O)c1cnc(N2CCCCC2CC)cn1. The van der Waals surface area contributed by atoms with Crippen LogP contribution < -0.4 is 10.2 Å². The quantitative estimate of drug-likeness (QED) is 0.767. The monoisotopic (exact) mass is 382 g/mol. The number of carbonyl (C=O) groups excluding carboxylic acids is 2. The van der Waals surface area contributed by atoms with Gasteiger partial charge >= 0.3 is 5.97 Å². The minimum Gasteiger partial charge on any atom is -0.462 e. The number of benzene rings is 1. The second-order valence-corrected chi connectivity index (χ2v) is 6.73. The largest absolute Gasteiger partial charge is 0.462 e. The number of nitrogens with zero attached hydrogens (tertiary/aromatic N) is 3. The summed E-state index contributed by atoms with van der Waals surface area (Å²) < 4.78 is 5.04. The predicted octanol–water partition coefficient (Wildman–Crippen LogP) is 3.67. The molecule has 7 heteroatoms. The maximum absolute atomic E-state index is 12.6. The lowest BCUT2D eigenvalue weighted by atomic mass is 10.0. The minimum atomic E-state index is -0.476. The first-order valence-electron chi connectivity index (χ1n) is 9.80. The minimum absolute atomic E-state index is 0.201. The van der Waals surface area contributed by atoms with Crippen LogP contribution in [0.5, 0.6) is 0 Å². The highest BCUT2D eigenvalue weighted by molar-refractivity contribution is 6.06. The number of hydrogen-bond acceptors (Lipinski definition) is 6. The fraction of sp³-hybridized carbons (Fsp3) is 0.429. The van der Waals surface area contributed by atoms with E-state index < -0.39 is 11.9 Å². The molecule has 2 aromatic rings. The van der Waals surface area contributed by atoms with Gasteiger partial charge in [0.15, 0.2) is 0 Å². The number of rotatable bonds is 6. The van der Waals surface area contributed by atoms with Crippen molar-refractivity contribution < 1.29 is 14.3 Å². The van der Waals surface area contributed by atoms with Crippen LogP contribution in [-0.4, -0.2) is 41.0 Å². The molecule has 7 nitrogen and oxygen atoms in total. The van der Waals surface area contributed by atoms with Gasteiger partial charge in [-0.25, -0.2) is 14.8 Å². The molecular weight excluding hydrogens is 356 g/mol. The molecule has 3 rings (SSSR count). The molecule has 1 saturated heterocycles. The van der Waals surface area contributed by atoms with E-state index in [1.165, 1.54) is 12.6 Å². The van der Waals surface area contributed by atoms with Gasteiger partial charge in [-0.1, -0.05) is 19.1 Å². The van der Waals surface area contributed by atoms with Gasteiger partial charge < -0.3 is 15.0 Å². The third-order valence-electron chi connectivity index (χ3n) is 4.93. The Bertz CT molecular complexity index is 823. The van der Waals surface area contributed by atoms with E-state index in [2.05, 4.69) is 27.1 Å². The molecule has 28 heavy (non-hydrogen) atoms.